The highest BCUT2D eigenvalue weighted by Crippen LogP contribution is 2.25. The molecular formula is C18H30N2O3S. The second kappa shape index (κ2) is 8.32. The van der Waals surface area contributed by atoms with E-state index in [0.29, 0.717) is 28.3 Å². The molecule has 24 heavy (non-hydrogen) atoms. The van der Waals surface area contributed by atoms with Gasteiger partial charge in [0, 0.05) is 13.1 Å². The Kier molecular flexibility index (Phi) is 6.66. The molecule has 1 aliphatic heterocycles. The quantitative estimate of drug-likeness (QED) is 0.765. The molecule has 0 aromatic heterocycles. The predicted molar refractivity (Wildman–Crippen MR) is 97.1 cm³/mol. The largest absolute Gasteiger partial charge is 0.497 e. The Morgan fingerprint density at radius 2 is 1.96 bits per heavy atom. The van der Waals surface area contributed by atoms with Crippen molar-refractivity contribution in [3.63, 3.8) is 0 Å². The van der Waals surface area contributed by atoms with E-state index in [1.54, 1.807) is 33.1 Å². The van der Waals surface area contributed by atoms with Gasteiger partial charge in [0.05, 0.1) is 12.0 Å². The molecule has 1 N–H and O–H groups in total. The molecule has 0 amide bonds. The van der Waals surface area contributed by atoms with E-state index in [9.17, 15) is 8.42 Å². The lowest BCUT2D eigenvalue weighted by atomic mass is 10.0. The SMILES string of the molecule is COc1cc(C)c(S(=O)(=O)NCCCN2CCCC(C)C2)c(C)c1. The summed E-state index contributed by atoms with van der Waals surface area (Å²) in [7, 11) is -1.90. The van der Waals surface area contributed by atoms with Gasteiger partial charge >= 0.3 is 0 Å². The van der Waals surface area contributed by atoms with Crippen LogP contribution in [0.25, 0.3) is 0 Å². The van der Waals surface area contributed by atoms with Gasteiger partial charge in [0.15, 0.2) is 0 Å². The lowest BCUT2D eigenvalue weighted by Crippen LogP contribution is -2.36. The molecule has 1 saturated heterocycles. The second-order valence-electron chi connectivity index (χ2n) is 6.89. The molecule has 1 aromatic rings. The number of hydrogen-bond acceptors (Lipinski definition) is 4. The average molecular weight is 355 g/mol. The van der Waals surface area contributed by atoms with Crippen molar-refractivity contribution in [2.75, 3.05) is 33.3 Å². The highest BCUT2D eigenvalue weighted by atomic mass is 32.2. The van der Waals surface area contributed by atoms with Crippen LogP contribution < -0.4 is 9.46 Å². The van der Waals surface area contributed by atoms with Crippen LogP contribution >= 0.6 is 0 Å². The van der Waals surface area contributed by atoms with Crippen LogP contribution in [0.1, 0.15) is 37.3 Å². The molecule has 0 aliphatic carbocycles. The number of piperidine rings is 1. The number of nitrogens with one attached hydrogen (secondary N) is 1. The van der Waals surface area contributed by atoms with Gasteiger partial charge in [0.25, 0.3) is 0 Å². The highest BCUT2D eigenvalue weighted by Gasteiger charge is 2.20. The van der Waals surface area contributed by atoms with Crippen molar-refractivity contribution >= 4 is 10.0 Å². The Bertz CT molecular complexity index is 635. The number of methoxy groups -OCH3 is 1. The summed E-state index contributed by atoms with van der Waals surface area (Å²) in [4.78, 5) is 2.81. The van der Waals surface area contributed by atoms with Gasteiger partial charge in [-0.05, 0) is 75.4 Å². The predicted octanol–water partition coefficient (Wildman–Crippen LogP) is 2.71. The van der Waals surface area contributed by atoms with Crippen LogP contribution in [0.15, 0.2) is 17.0 Å². The van der Waals surface area contributed by atoms with Gasteiger partial charge < -0.3 is 9.64 Å². The van der Waals surface area contributed by atoms with Crippen LogP contribution in [0.5, 0.6) is 5.75 Å². The molecule has 2 rings (SSSR count). The maximum absolute atomic E-state index is 12.6. The molecule has 136 valence electrons. The van der Waals surface area contributed by atoms with E-state index in [-0.39, 0.29) is 0 Å². The Morgan fingerprint density at radius 1 is 1.29 bits per heavy atom. The number of ether oxygens (including phenoxy) is 1. The van der Waals surface area contributed by atoms with E-state index in [2.05, 4.69) is 16.5 Å². The number of nitrogens with zero attached hydrogens (tertiary/aromatic N) is 1. The third-order valence-corrected chi connectivity index (χ3v) is 6.39. The highest BCUT2D eigenvalue weighted by molar-refractivity contribution is 7.89. The first-order valence-corrected chi connectivity index (χ1v) is 10.2. The maximum atomic E-state index is 12.6. The average Bonchev–Trinajstić information content (AvgIpc) is 2.50. The first-order chi connectivity index (χ1) is 11.3. The van der Waals surface area contributed by atoms with Crippen molar-refractivity contribution in [1.82, 2.24) is 9.62 Å². The number of benzene rings is 1. The number of aryl methyl sites for hydroxylation is 2. The van der Waals surface area contributed by atoms with Crippen LogP contribution in [0.2, 0.25) is 0 Å². The Hall–Kier alpha value is -1.11. The monoisotopic (exact) mass is 354 g/mol. The summed E-state index contributed by atoms with van der Waals surface area (Å²) in [5, 5.41) is 0. The molecule has 0 radical (unpaired) electrons. The molecule has 1 aromatic carbocycles. The Balaban J connectivity index is 1.92. The van der Waals surface area contributed by atoms with Crippen LogP contribution in [-0.2, 0) is 10.0 Å². The smallest absolute Gasteiger partial charge is 0.241 e. The van der Waals surface area contributed by atoms with Crippen LogP contribution in [0.3, 0.4) is 0 Å². The lowest BCUT2D eigenvalue weighted by Gasteiger charge is -2.30. The van der Waals surface area contributed by atoms with Crippen LogP contribution in [0, 0.1) is 19.8 Å². The van der Waals surface area contributed by atoms with Gasteiger partial charge in [-0.1, -0.05) is 6.92 Å². The summed E-state index contributed by atoms with van der Waals surface area (Å²) in [6, 6.07) is 3.52. The zero-order valence-electron chi connectivity index (χ0n) is 15.3. The molecule has 0 bridgehead atoms. The Labute approximate surface area is 146 Å². The molecule has 1 unspecified atom stereocenters. The minimum atomic E-state index is -3.48. The fourth-order valence-electron chi connectivity index (χ4n) is 3.52. The van der Waals surface area contributed by atoms with E-state index in [1.165, 1.54) is 12.8 Å². The number of rotatable bonds is 7. The molecule has 1 heterocycles. The van der Waals surface area contributed by atoms with Crippen molar-refractivity contribution in [2.24, 2.45) is 5.92 Å². The normalized spacial score (nSPS) is 19.4. The third kappa shape index (κ3) is 4.94. The molecule has 6 heteroatoms. The fourth-order valence-corrected chi connectivity index (χ4v) is 5.05. The number of sulfonamides is 1. The van der Waals surface area contributed by atoms with Crippen molar-refractivity contribution in [2.45, 2.75) is 44.9 Å². The number of hydrogen-bond donors (Lipinski definition) is 1. The van der Waals surface area contributed by atoms with Gasteiger partial charge in [-0.15, -0.1) is 0 Å². The van der Waals surface area contributed by atoms with Gasteiger partial charge in [0.2, 0.25) is 10.0 Å². The third-order valence-electron chi connectivity index (χ3n) is 4.62. The van der Waals surface area contributed by atoms with E-state index in [0.717, 1.165) is 32.0 Å². The summed E-state index contributed by atoms with van der Waals surface area (Å²) in [6.07, 6.45) is 3.39. The topological polar surface area (TPSA) is 58.6 Å². The van der Waals surface area contributed by atoms with E-state index < -0.39 is 10.0 Å². The molecule has 1 atom stereocenters. The number of likely N-dealkylation sites (tertiary alicyclic amines) is 1. The van der Waals surface area contributed by atoms with Crippen molar-refractivity contribution < 1.29 is 13.2 Å². The summed E-state index contributed by atoms with van der Waals surface area (Å²) in [5.41, 5.74) is 1.42. The second-order valence-corrected chi connectivity index (χ2v) is 8.59. The Morgan fingerprint density at radius 3 is 2.54 bits per heavy atom. The molecule has 0 saturated carbocycles. The van der Waals surface area contributed by atoms with Crippen molar-refractivity contribution in [1.29, 1.82) is 0 Å². The first kappa shape index (κ1) is 19.2. The van der Waals surface area contributed by atoms with Gasteiger partial charge in [-0.3, -0.25) is 0 Å². The minimum Gasteiger partial charge on any atom is -0.497 e. The van der Waals surface area contributed by atoms with Crippen molar-refractivity contribution in [3.8, 4) is 5.75 Å². The fraction of sp³-hybridized carbons (Fsp3) is 0.667. The molecular weight excluding hydrogens is 324 g/mol. The van der Waals surface area contributed by atoms with Crippen LogP contribution in [-0.4, -0.2) is 46.6 Å². The summed E-state index contributed by atoms with van der Waals surface area (Å²) in [5.74, 6) is 1.43. The lowest BCUT2D eigenvalue weighted by molar-refractivity contribution is 0.182. The summed E-state index contributed by atoms with van der Waals surface area (Å²) in [6.45, 7) is 9.57. The molecule has 0 spiro atoms. The molecule has 5 nitrogen and oxygen atoms in total. The van der Waals surface area contributed by atoms with E-state index in [1.807, 2.05) is 0 Å². The van der Waals surface area contributed by atoms with E-state index >= 15 is 0 Å². The van der Waals surface area contributed by atoms with Gasteiger partial charge in [-0.25, -0.2) is 13.1 Å². The molecule has 1 aliphatic rings. The first-order valence-electron chi connectivity index (χ1n) is 8.70. The summed E-state index contributed by atoms with van der Waals surface area (Å²) >= 11 is 0. The van der Waals surface area contributed by atoms with Crippen LogP contribution in [0.4, 0.5) is 0 Å². The molecule has 1 fully saturated rings. The standard InChI is InChI=1S/C18H30N2O3S/c1-14-7-5-9-20(13-14)10-6-8-19-24(21,22)18-15(2)11-17(23-4)12-16(18)3/h11-12,14,19H,5-10,13H2,1-4H3. The van der Waals surface area contributed by atoms with E-state index in [4.69, 9.17) is 4.74 Å². The van der Waals surface area contributed by atoms with Gasteiger partial charge in [-0.2, -0.15) is 0 Å². The van der Waals surface area contributed by atoms with Gasteiger partial charge in [0.1, 0.15) is 5.75 Å². The zero-order valence-corrected chi connectivity index (χ0v) is 16.1. The minimum absolute atomic E-state index is 0.370. The summed E-state index contributed by atoms with van der Waals surface area (Å²) < 4.78 is 33.2. The zero-order chi connectivity index (χ0) is 17.7. The van der Waals surface area contributed by atoms with Crippen molar-refractivity contribution in [3.05, 3.63) is 23.3 Å². The maximum Gasteiger partial charge on any atom is 0.241 e.